The van der Waals surface area contributed by atoms with Crippen LogP contribution in [0.25, 0.3) is 0 Å². The van der Waals surface area contributed by atoms with Gasteiger partial charge >= 0.3 is 0 Å². The predicted molar refractivity (Wildman–Crippen MR) is 113 cm³/mol. The summed E-state index contributed by atoms with van der Waals surface area (Å²) in [6, 6.07) is 14.2. The number of aliphatic imine (C=N–C) groups is 1. The van der Waals surface area contributed by atoms with Gasteiger partial charge in [0.15, 0.2) is 0 Å². The van der Waals surface area contributed by atoms with Crippen molar-refractivity contribution in [3.63, 3.8) is 0 Å². The molecular formula is C21H23BrN4O. The number of nitrogens with zero attached hydrogens (tertiary/aromatic N) is 3. The fourth-order valence-corrected chi connectivity index (χ4v) is 4.12. The van der Waals surface area contributed by atoms with Crippen molar-refractivity contribution in [2.75, 3.05) is 38.1 Å². The van der Waals surface area contributed by atoms with Crippen LogP contribution in [0.2, 0.25) is 0 Å². The van der Waals surface area contributed by atoms with Gasteiger partial charge in [-0.2, -0.15) is 0 Å². The number of amides is 1. The van der Waals surface area contributed by atoms with Gasteiger partial charge in [0.25, 0.3) is 0 Å². The highest BCUT2D eigenvalue weighted by molar-refractivity contribution is 9.10. The summed E-state index contributed by atoms with van der Waals surface area (Å²) >= 11 is 3.57. The van der Waals surface area contributed by atoms with Crippen molar-refractivity contribution >= 4 is 39.4 Å². The highest BCUT2D eigenvalue weighted by Gasteiger charge is 2.27. The van der Waals surface area contributed by atoms with Crippen LogP contribution in [-0.2, 0) is 11.3 Å². The summed E-state index contributed by atoms with van der Waals surface area (Å²) in [6.07, 6.45) is 1.75. The number of carbonyl (C=O) groups is 1. The van der Waals surface area contributed by atoms with Crippen LogP contribution in [0.5, 0.6) is 0 Å². The molecule has 0 saturated carbocycles. The Bertz CT molecular complexity index is 857. The first kappa shape index (κ1) is 18.2. The number of anilines is 1. The van der Waals surface area contributed by atoms with E-state index in [9.17, 15) is 4.79 Å². The third kappa shape index (κ3) is 3.92. The number of nitrogens with one attached hydrogen (secondary N) is 1. The van der Waals surface area contributed by atoms with Gasteiger partial charge in [-0.3, -0.25) is 9.79 Å². The molecule has 2 aromatic rings. The van der Waals surface area contributed by atoms with E-state index in [4.69, 9.17) is 0 Å². The summed E-state index contributed by atoms with van der Waals surface area (Å²) in [7, 11) is 2.16. The van der Waals surface area contributed by atoms with Crippen molar-refractivity contribution in [3.8, 4) is 0 Å². The minimum atomic E-state index is -0.358. The molecule has 6 heteroatoms. The number of carbonyl (C=O) groups excluding carboxylic acids is 1. The highest BCUT2D eigenvalue weighted by Crippen LogP contribution is 2.30. The molecule has 2 heterocycles. The van der Waals surface area contributed by atoms with Crippen LogP contribution in [0, 0.1) is 0 Å². The van der Waals surface area contributed by atoms with E-state index >= 15 is 0 Å². The summed E-state index contributed by atoms with van der Waals surface area (Å²) in [5, 5.41) is 2.95. The number of likely N-dealkylation sites (N-methyl/N-ethyl adjacent to an activating group) is 1. The molecule has 2 aromatic carbocycles. The molecule has 2 aliphatic rings. The monoisotopic (exact) mass is 426 g/mol. The summed E-state index contributed by atoms with van der Waals surface area (Å²) in [5.74, 6) is -0.359. The SMILES string of the molecule is CN1CCN(c2ccc(N=CC3C(=O)NCc4c(Br)cccc43)cc2)CC1. The molecule has 0 bridgehead atoms. The number of piperazine rings is 1. The van der Waals surface area contributed by atoms with Crippen LogP contribution >= 0.6 is 15.9 Å². The molecule has 140 valence electrons. The maximum atomic E-state index is 12.3. The van der Waals surface area contributed by atoms with Crippen molar-refractivity contribution in [3.05, 3.63) is 58.1 Å². The lowest BCUT2D eigenvalue weighted by Crippen LogP contribution is -2.44. The Hall–Kier alpha value is -2.18. The van der Waals surface area contributed by atoms with E-state index < -0.39 is 0 Å². The van der Waals surface area contributed by atoms with Gasteiger partial charge in [0.05, 0.1) is 11.6 Å². The largest absolute Gasteiger partial charge is 0.369 e. The van der Waals surface area contributed by atoms with Gasteiger partial charge in [-0.1, -0.05) is 28.1 Å². The Kier molecular flexibility index (Phi) is 5.27. The Labute approximate surface area is 168 Å². The standard InChI is InChI=1S/C21H23BrN4O/c1-25-9-11-26(12-10-25)16-7-5-15(6-8-16)23-14-19-17-3-2-4-20(22)18(17)13-24-21(19)27/h2-8,14,19H,9-13H2,1H3,(H,24,27). The van der Waals surface area contributed by atoms with Gasteiger partial charge in [-0.25, -0.2) is 0 Å². The van der Waals surface area contributed by atoms with E-state index in [0.717, 1.165) is 47.5 Å². The third-order valence-corrected chi connectivity index (χ3v) is 6.05. The van der Waals surface area contributed by atoms with Gasteiger partial charge in [0.1, 0.15) is 0 Å². The predicted octanol–water partition coefficient (Wildman–Crippen LogP) is 3.32. The Balaban J connectivity index is 1.50. The van der Waals surface area contributed by atoms with Crippen molar-refractivity contribution in [2.24, 2.45) is 4.99 Å². The van der Waals surface area contributed by atoms with E-state index in [0.29, 0.717) is 6.54 Å². The molecule has 1 amide bonds. The molecule has 2 aliphatic heterocycles. The molecule has 1 N–H and O–H groups in total. The molecular weight excluding hydrogens is 404 g/mol. The third-order valence-electron chi connectivity index (χ3n) is 5.30. The molecule has 27 heavy (non-hydrogen) atoms. The molecule has 1 atom stereocenters. The van der Waals surface area contributed by atoms with Gasteiger partial charge in [-0.15, -0.1) is 0 Å². The second-order valence-corrected chi connectivity index (χ2v) is 7.94. The van der Waals surface area contributed by atoms with Crippen LogP contribution in [-0.4, -0.2) is 50.2 Å². The van der Waals surface area contributed by atoms with Gasteiger partial charge in [-0.05, 0) is 48.5 Å². The van der Waals surface area contributed by atoms with Gasteiger partial charge < -0.3 is 15.1 Å². The summed E-state index contributed by atoms with van der Waals surface area (Å²) < 4.78 is 1.02. The summed E-state index contributed by atoms with van der Waals surface area (Å²) in [6.45, 7) is 4.83. The van der Waals surface area contributed by atoms with Crippen molar-refractivity contribution in [2.45, 2.75) is 12.5 Å². The zero-order valence-corrected chi connectivity index (χ0v) is 16.9. The number of rotatable bonds is 3. The number of hydrogen-bond donors (Lipinski definition) is 1. The molecule has 1 saturated heterocycles. The molecule has 4 rings (SSSR count). The lowest BCUT2D eigenvalue weighted by Gasteiger charge is -2.34. The fraction of sp³-hybridized carbons (Fsp3) is 0.333. The van der Waals surface area contributed by atoms with Crippen molar-refractivity contribution < 1.29 is 4.79 Å². The average molecular weight is 427 g/mol. The number of benzene rings is 2. The van der Waals surface area contributed by atoms with Crippen LogP contribution in [0.15, 0.2) is 51.9 Å². The maximum Gasteiger partial charge on any atom is 0.233 e. The van der Waals surface area contributed by atoms with E-state index in [1.54, 1.807) is 6.21 Å². The Morgan fingerprint density at radius 2 is 1.85 bits per heavy atom. The number of halogens is 1. The molecule has 0 aromatic heterocycles. The van der Waals surface area contributed by atoms with Crippen LogP contribution in [0.3, 0.4) is 0 Å². The molecule has 1 unspecified atom stereocenters. The topological polar surface area (TPSA) is 47.9 Å². The van der Waals surface area contributed by atoms with Crippen LogP contribution in [0.4, 0.5) is 11.4 Å². The van der Waals surface area contributed by atoms with Gasteiger partial charge in [0.2, 0.25) is 5.91 Å². The minimum Gasteiger partial charge on any atom is -0.369 e. The Morgan fingerprint density at radius 3 is 2.59 bits per heavy atom. The average Bonchev–Trinajstić information content (AvgIpc) is 2.68. The quantitative estimate of drug-likeness (QED) is 0.765. The summed E-state index contributed by atoms with van der Waals surface area (Å²) in [5.41, 5.74) is 4.24. The fourth-order valence-electron chi connectivity index (χ4n) is 3.60. The van der Waals surface area contributed by atoms with E-state index in [-0.39, 0.29) is 11.8 Å². The number of fused-ring (bicyclic) bond motifs is 1. The smallest absolute Gasteiger partial charge is 0.233 e. The van der Waals surface area contributed by atoms with Crippen molar-refractivity contribution in [1.82, 2.24) is 10.2 Å². The Morgan fingerprint density at radius 1 is 1.11 bits per heavy atom. The van der Waals surface area contributed by atoms with Crippen LogP contribution < -0.4 is 10.2 Å². The molecule has 0 spiro atoms. The van der Waals surface area contributed by atoms with Crippen molar-refractivity contribution in [1.29, 1.82) is 0 Å². The second-order valence-electron chi connectivity index (χ2n) is 7.09. The molecule has 0 aliphatic carbocycles. The molecule has 5 nitrogen and oxygen atoms in total. The van der Waals surface area contributed by atoms with Crippen LogP contribution in [0.1, 0.15) is 17.0 Å². The minimum absolute atomic E-state index is 0.00148. The second kappa shape index (κ2) is 7.82. The molecule has 1 fully saturated rings. The first-order valence-corrected chi connectivity index (χ1v) is 10.0. The van der Waals surface area contributed by atoms with Gasteiger partial charge in [0, 0.05) is 49.1 Å². The first-order chi connectivity index (χ1) is 13.1. The van der Waals surface area contributed by atoms with E-state index in [1.165, 1.54) is 5.69 Å². The molecule has 0 radical (unpaired) electrons. The first-order valence-electron chi connectivity index (χ1n) is 9.24. The highest BCUT2D eigenvalue weighted by atomic mass is 79.9. The zero-order valence-electron chi connectivity index (χ0n) is 15.4. The zero-order chi connectivity index (χ0) is 18.8. The summed E-state index contributed by atoms with van der Waals surface area (Å²) in [4.78, 5) is 21.7. The lowest BCUT2D eigenvalue weighted by molar-refractivity contribution is -0.121. The number of hydrogen-bond acceptors (Lipinski definition) is 4. The lowest BCUT2D eigenvalue weighted by atomic mass is 9.91. The normalized spacial score (nSPS) is 20.6. The van der Waals surface area contributed by atoms with E-state index in [1.807, 2.05) is 30.3 Å². The maximum absolute atomic E-state index is 12.3. The van der Waals surface area contributed by atoms with E-state index in [2.05, 4.69) is 55.2 Å².